The first kappa shape index (κ1) is 20.3. The Morgan fingerprint density at radius 3 is 2.52 bits per heavy atom. The summed E-state index contributed by atoms with van der Waals surface area (Å²) < 4.78 is 27.3. The van der Waals surface area contributed by atoms with E-state index in [0.717, 1.165) is 57.5 Å². The van der Waals surface area contributed by atoms with Crippen LogP contribution in [0.4, 0.5) is 0 Å². The molecule has 0 unspecified atom stereocenters. The zero-order valence-electron chi connectivity index (χ0n) is 16.0. The molecule has 2 aliphatic rings. The minimum Gasteiger partial charge on any atom is -0.351 e. The number of amides is 1. The van der Waals surface area contributed by atoms with Gasteiger partial charge in [-0.25, -0.2) is 8.42 Å². The van der Waals surface area contributed by atoms with E-state index in [2.05, 4.69) is 15.5 Å². The maximum absolute atomic E-state index is 12.9. The van der Waals surface area contributed by atoms with Crippen LogP contribution in [0.2, 0.25) is 0 Å². The number of nitrogens with zero attached hydrogens (tertiary/aromatic N) is 2. The van der Waals surface area contributed by atoms with Crippen LogP contribution in [0.3, 0.4) is 0 Å². The highest BCUT2D eigenvalue weighted by atomic mass is 32.2. The van der Waals surface area contributed by atoms with E-state index in [4.69, 9.17) is 0 Å². The molecule has 1 aromatic carbocycles. The molecule has 2 fully saturated rings. The molecule has 1 amide bonds. The van der Waals surface area contributed by atoms with E-state index in [9.17, 15) is 13.2 Å². The van der Waals surface area contributed by atoms with Crippen molar-refractivity contribution in [2.75, 3.05) is 52.4 Å². The predicted octanol–water partition coefficient (Wildman–Crippen LogP) is 0.805. The zero-order chi connectivity index (χ0) is 19.3. The van der Waals surface area contributed by atoms with Crippen LogP contribution in [0.25, 0.3) is 0 Å². The molecule has 2 saturated heterocycles. The van der Waals surface area contributed by atoms with Crippen LogP contribution >= 0.6 is 0 Å². The average molecular weight is 395 g/mol. The Kier molecular flexibility index (Phi) is 6.86. The minimum absolute atomic E-state index is 0.210. The van der Waals surface area contributed by atoms with E-state index >= 15 is 0 Å². The third kappa shape index (κ3) is 5.07. The second-order valence-electron chi connectivity index (χ2n) is 7.29. The number of rotatable bonds is 6. The van der Waals surface area contributed by atoms with Crippen molar-refractivity contribution in [3.63, 3.8) is 0 Å². The van der Waals surface area contributed by atoms with Gasteiger partial charge in [0.1, 0.15) is 0 Å². The number of hydrogen-bond acceptors (Lipinski definition) is 5. The summed E-state index contributed by atoms with van der Waals surface area (Å²) in [4.78, 5) is 15.1. The zero-order valence-corrected chi connectivity index (χ0v) is 16.9. The Morgan fingerprint density at radius 2 is 1.81 bits per heavy atom. The molecule has 27 heavy (non-hydrogen) atoms. The Bertz CT molecular complexity index is 754. The number of sulfonamides is 1. The van der Waals surface area contributed by atoms with E-state index in [1.807, 2.05) is 6.92 Å². The van der Waals surface area contributed by atoms with Crippen LogP contribution in [-0.2, 0) is 10.0 Å². The van der Waals surface area contributed by atoms with E-state index in [-0.39, 0.29) is 10.8 Å². The highest BCUT2D eigenvalue weighted by molar-refractivity contribution is 7.89. The smallest absolute Gasteiger partial charge is 0.251 e. The first-order chi connectivity index (χ1) is 13.0. The van der Waals surface area contributed by atoms with Gasteiger partial charge in [0.15, 0.2) is 0 Å². The summed E-state index contributed by atoms with van der Waals surface area (Å²) >= 11 is 0. The van der Waals surface area contributed by atoms with E-state index in [1.165, 1.54) is 10.4 Å². The lowest BCUT2D eigenvalue weighted by Gasteiger charge is -2.27. The van der Waals surface area contributed by atoms with Gasteiger partial charge in [-0.05, 0) is 37.5 Å². The number of aryl methyl sites for hydroxylation is 1. The normalized spacial score (nSPS) is 19.7. The number of benzene rings is 1. The van der Waals surface area contributed by atoms with Gasteiger partial charge in [-0.3, -0.25) is 9.69 Å². The van der Waals surface area contributed by atoms with Gasteiger partial charge in [0.05, 0.1) is 4.90 Å². The van der Waals surface area contributed by atoms with E-state index in [1.54, 1.807) is 12.1 Å². The number of carbonyl (C=O) groups excluding carboxylic acids is 1. The molecule has 0 aliphatic carbocycles. The standard InChI is InChI=1S/C19H30N4O3S/c1-16-5-6-17(27(25,26)23-10-3-2-4-11-23)15-18(16)19(24)21-9-14-22-12-7-20-8-13-22/h5-6,15,20H,2-4,7-14H2,1H3,(H,21,24). The number of piperidine rings is 1. The summed E-state index contributed by atoms with van der Waals surface area (Å²) in [6, 6.07) is 4.86. The molecule has 0 bridgehead atoms. The van der Waals surface area contributed by atoms with Crippen molar-refractivity contribution >= 4 is 15.9 Å². The second kappa shape index (κ2) is 9.14. The third-order valence-electron chi connectivity index (χ3n) is 5.33. The molecular formula is C19H30N4O3S. The first-order valence-electron chi connectivity index (χ1n) is 9.80. The maximum atomic E-state index is 12.9. The van der Waals surface area contributed by atoms with Gasteiger partial charge in [0.2, 0.25) is 10.0 Å². The van der Waals surface area contributed by atoms with Gasteiger partial charge in [-0.2, -0.15) is 4.31 Å². The largest absolute Gasteiger partial charge is 0.351 e. The molecule has 0 spiro atoms. The maximum Gasteiger partial charge on any atom is 0.251 e. The fourth-order valence-corrected chi connectivity index (χ4v) is 5.16. The SMILES string of the molecule is Cc1ccc(S(=O)(=O)N2CCCCC2)cc1C(=O)NCCN1CCNCC1. The van der Waals surface area contributed by atoms with Gasteiger partial charge in [-0.1, -0.05) is 12.5 Å². The summed E-state index contributed by atoms with van der Waals surface area (Å²) in [6.07, 6.45) is 2.86. The van der Waals surface area contributed by atoms with Crippen LogP contribution in [0.1, 0.15) is 35.2 Å². The molecule has 0 saturated carbocycles. The van der Waals surface area contributed by atoms with Gasteiger partial charge < -0.3 is 10.6 Å². The number of carbonyl (C=O) groups is 1. The van der Waals surface area contributed by atoms with Crippen LogP contribution in [0, 0.1) is 6.92 Å². The number of nitrogens with one attached hydrogen (secondary N) is 2. The van der Waals surface area contributed by atoms with Crippen molar-refractivity contribution in [3.8, 4) is 0 Å². The molecule has 8 heteroatoms. The van der Waals surface area contributed by atoms with Crippen LogP contribution in [-0.4, -0.2) is 75.9 Å². The van der Waals surface area contributed by atoms with Crippen LogP contribution < -0.4 is 10.6 Å². The fraction of sp³-hybridized carbons (Fsp3) is 0.632. The minimum atomic E-state index is -3.53. The summed E-state index contributed by atoms with van der Waals surface area (Å²) in [5.74, 6) is -0.210. The lowest BCUT2D eigenvalue weighted by Crippen LogP contribution is -2.46. The molecule has 1 aromatic rings. The molecule has 0 atom stereocenters. The second-order valence-corrected chi connectivity index (χ2v) is 9.23. The quantitative estimate of drug-likeness (QED) is 0.746. The van der Waals surface area contributed by atoms with Gasteiger partial charge in [0, 0.05) is 57.9 Å². The molecule has 7 nitrogen and oxygen atoms in total. The highest BCUT2D eigenvalue weighted by Gasteiger charge is 2.27. The Balaban J connectivity index is 1.66. The Morgan fingerprint density at radius 1 is 1.11 bits per heavy atom. The number of hydrogen-bond donors (Lipinski definition) is 2. The lowest BCUT2D eigenvalue weighted by atomic mass is 10.1. The molecule has 3 rings (SSSR count). The molecule has 2 heterocycles. The summed E-state index contributed by atoms with van der Waals surface area (Å²) in [5, 5.41) is 6.24. The molecule has 0 radical (unpaired) electrons. The van der Waals surface area contributed by atoms with Crippen molar-refractivity contribution in [2.24, 2.45) is 0 Å². The molecule has 0 aromatic heterocycles. The summed E-state index contributed by atoms with van der Waals surface area (Å²) in [6.45, 7) is 8.23. The van der Waals surface area contributed by atoms with Gasteiger partial charge in [0.25, 0.3) is 5.91 Å². The summed E-state index contributed by atoms with van der Waals surface area (Å²) in [7, 11) is -3.53. The Hall–Kier alpha value is -1.48. The van der Waals surface area contributed by atoms with Crippen molar-refractivity contribution < 1.29 is 13.2 Å². The van der Waals surface area contributed by atoms with Crippen molar-refractivity contribution in [1.29, 1.82) is 0 Å². The van der Waals surface area contributed by atoms with Crippen molar-refractivity contribution in [3.05, 3.63) is 29.3 Å². The van der Waals surface area contributed by atoms with Crippen LogP contribution in [0.5, 0.6) is 0 Å². The predicted molar refractivity (Wildman–Crippen MR) is 105 cm³/mol. The van der Waals surface area contributed by atoms with E-state index in [0.29, 0.717) is 25.2 Å². The van der Waals surface area contributed by atoms with Crippen molar-refractivity contribution in [1.82, 2.24) is 19.8 Å². The fourth-order valence-electron chi connectivity index (χ4n) is 3.62. The topological polar surface area (TPSA) is 81.8 Å². The molecule has 2 aliphatic heterocycles. The Labute approximate surface area is 162 Å². The molecule has 150 valence electrons. The van der Waals surface area contributed by atoms with Gasteiger partial charge >= 0.3 is 0 Å². The monoisotopic (exact) mass is 394 g/mol. The highest BCUT2D eigenvalue weighted by Crippen LogP contribution is 2.22. The third-order valence-corrected chi connectivity index (χ3v) is 7.22. The lowest BCUT2D eigenvalue weighted by molar-refractivity contribution is 0.0946. The molecular weight excluding hydrogens is 364 g/mol. The number of piperazine rings is 1. The van der Waals surface area contributed by atoms with E-state index < -0.39 is 10.0 Å². The van der Waals surface area contributed by atoms with Crippen LogP contribution in [0.15, 0.2) is 23.1 Å². The first-order valence-corrected chi connectivity index (χ1v) is 11.2. The van der Waals surface area contributed by atoms with Gasteiger partial charge in [-0.15, -0.1) is 0 Å². The average Bonchev–Trinajstić information content (AvgIpc) is 2.69. The summed E-state index contributed by atoms with van der Waals surface area (Å²) in [5.41, 5.74) is 1.22. The molecule has 2 N–H and O–H groups in total. The van der Waals surface area contributed by atoms with Crippen molar-refractivity contribution in [2.45, 2.75) is 31.1 Å².